The van der Waals surface area contributed by atoms with E-state index in [1.165, 1.54) is 5.56 Å². The predicted molar refractivity (Wildman–Crippen MR) is 97.0 cm³/mol. The molecule has 2 amide bonds. The van der Waals surface area contributed by atoms with Crippen LogP contribution in [0.1, 0.15) is 31.8 Å². The first-order valence-electron chi connectivity index (χ1n) is 8.40. The van der Waals surface area contributed by atoms with Crippen LogP contribution in [0.2, 0.25) is 0 Å². The fraction of sp³-hybridized carbons (Fsp3) is 0.300. The fourth-order valence-corrected chi connectivity index (χ4v) is 2.74. The van der Waals surface area contributed by atoms with Gasteiger partial charge in [0.1, 0.15) is 0 Å². The topological polar surface area (TPSA) is 58.6 Å². The number of aryl methyl sites for hydroxylation is 2. The molecular formula is C20H22N2O3. The van der Waals surface area contributed by atoms with E-state index in [0.29, 0.717) is 37.4 Å². The van der Waals surface area contributed by atoms with Crippen molar-refractivity contribution in [3.05, 3.63) is 64.7 Å². The normalized spacial score (nSPS) is 14.2. The highest BCUT2D eigenvalue weighted by Gasteiger charge is 2.18. The molecule has 1 fully saturated rings. The SMILES string of the molecule is Cc1ccc(NC(=O)c2ccc(C(=O)N3CCOCC3)cc2)cc1C. The summed E-state index contributed by atoms with van der Waals surface area (Å²) in [5.41, 5.74) is 4.19. The molecule has 2 aromatic carbocycles. The quantitative estimate of drug-likeness (QED) is 0.936. The number of hydrogen-bond acceptors (Lipinski definition) is 3. The van der Waals surface area contributed by atoms with Crippen molar-refractivity contribution < 1.29 is 14.3 Å². The van der Waals surface area contributed by atoms with Crippen LogP contribution in [0.25, 0.3) is 0 Å². The monoisotopic (exact) mass is 338 g/mol. The minimum atomic E-state index is -0.186. The highest BCUT2D eigenvalue weighted by atomic mass is 16.5. The fourth-order valence-electron chi connectivity index (χ4n) is 2.74. The van der Waals surface area contributed by atoms with E-state index >= 15 is 0 Å². The Bertz CT molecular complexity index is 778. The van der Waals surface area contributed by atoms with E-state index in [9.17, 15) is 9.59 Å². The van der Waals surface area contributed by atoms with Crippen LogP contribution in [0.15, 0.2) is 42.5 Å². The molecule has 2 aromatic rings. The molecule has 0 radical (unpaired) electrons. The average Bonchev–Trinajstić information content (AvgIpc) is 2.65. The molecule has 25 heavy (non-hydrogen) atoms. The summed E-state index contributed by atoms with van der Waals surface area (Å²) in [6.45, 7) is 6.40. The van der Waals surface area contributed by atoms with E-state index < -0.39 is 0 Å². The van der Waals surface area contributed by atoms with Gasteiger partial charge in [-0.2, -0.15) is 0 Å². The minimum absolute atomic E-state index is 0.0237. The molecule has 1 N–H and O–H groups in total. The smallest absolute Gasteiger partial charge is 0.255 e. The standard InChI is InChI=1S/C20H22N2O3/c1-14-3-8-18(13-15(14)2)21-19(23)16-4-6-17(7-5-16)20(24)22-9-11-25-12-10-22/h3-8,13H,9-12H2,1-2H3,(H,21,23). The van der Waals surface area contributed by atoms with Crippen molar-refractivity contribution in [3.8, 4) is 0 Å². The van der Waals surface area contributed by atoms with Gasteiger partial charge in [-0.05, 0) is 61.4 Å². The van der Waals surface area contributed by atoms with Gasteiger partial charge < -0.3 is 15.0 Å². The van der Waals surface area contributed by atoms with Gasteiger partial charge in [-0.1, -0.05) is 6.07 Å². The zero-order valence-electron chi connectivity index (χ0n) is 14.5. The zero-order valence-corrected chi connectivity index (χ0v) is 14.5. The highest BCUT2D eigenvalue weighted by molar-refractivity contribution is 6.05. The summed E-state index contributed by atoms with van der Waals surface area (Å²) in [5, 5.41) is 2.89. The number of anilines is 1. The molecule has 0 saturated carbocycles. The molecule has 5 nitrogen and oxygen atoms in total. The lowest BCUT2D eigenvalue weighted by atomic mass is 10.1. The number of nitrogens with one attached hydrogen (secondary N) is 1. The number of morpholine rings is 1. The molecule has 0 spiro atoms. The van der Waals surface area contributed by atoms with Crippen molar-refractivity contribution in [1.29, 1.82) is 0 Å². The van der Waals surface area contributed by atoms with Crippen LogP contribution >= 0.6 is 0 Å². The maximum Gasteiger partial charge on any atom is 0.255 e. The Kier molecular flexibility index (Phi) is 5.14. The van der Waals surface area contributed by atoms with E-state index in [4.69, 9.17) is 4.74 Å². The van der Waals surface area contributed by atoms with E-state index in [2.05, 4.69) is 5.32 Å². The highest BCUT2D eigenvalue weighted by Crippen LogP contribution is 2.16. The second-order valence-corrected chi connectivity index (χ2v) is 6.24. The Balaban J connectivity index is 1.67. The molecule has 3 rings (SSSR count). The summed E-state index contributed by atoms with van der Waals surface area (Å²) in [4.78, 5) is 26.6. The third kappa shape index (κ3) is 4.06. The molecular weight excluding hydrogens is 316 g/mol. The van der Waals surface area contributed by atoms with Gasteiger partial charge in [0.25, 0.3) is 11.8 Å². The Morgan fingerprint density at radius 2 is 1.56 bits per heavy atom. The van der Waals surface area contributed by atoms with Crippen LogP contribution in [0.5, 0.6) is 0 Å². The summed E-state index contributed by atoms with van der Waals surface area (Å²) < 4.78 is 5.26. The molecule has 5 heteroatoms. The summed E-state index contributed by atoms with van der Waals surface area (Å²) in [5.74, 6) is -0.210. The molecule has 0 atom stereocenters. The van der Waals surface area contributed by atoms with Gasteiger partial charge >= 0.3 is 0 Å². The maximum atomic E-state index is 12.4. The van der Waals surface area contributed by atoms with Crippen LogP contribution in [0, 0.1) is 13.8 Å². The number of amides is 2. The van der Waals surface area contributed by atoms with Gasteiger partial charge in [0.15, 0.2) is 0 Å². The molecule has 0 bridgehead atoms. The van der Waals surface area contributed by atoms with Crippen LogP contribution in [0.4, 0.5) is 5.69 Å². The average molecular weight is 338 g/mol. The minimum Gasteiger partial charge on any atom is -0.378 e. The van der Waals surface area contributed by atoms with E-state index in [1.807, 2.05) is 32.0 Å². The summed E-state index contributed by atoms with van der Waals surface area (Å²) in [7, 11) is 0. The van der Waals surface area contributed by atoms with Gasteiger partial charge in [0.05, 0.1) is 13.2 Å². The summed E-state index contributed by atoms with van der Waals surface area (Å²) >= 11 is 0. The van der Waals surface area contributed by atoms with Crippen LogP contribution in [0.3, 0.4) is 0 Å². The van der Waals surface area contributed by atoms with Crippen LogP contribution < -0.4 is 5.32 Å². The van der Waals surface area contributed by atoms with Crippen molar-refractivity contribution >= 4 is 17.5 Å². The van der Waals surface area contributed by atoms with E-state index in [-0.39, 0.29) is 11.8 Å². The molecule has 1 heterocycles. The number of carbonyl (C=O) groups is 2. The lowest BCUT2D eigenvalue weighted by Crippen LogP contribution is -2.40. The Morgan fingerprint density at radius 1 is 0.920 bits per heavy atom. The number of hydrogen-bond donors (Lipinski definition) is 1. The van der Waals surface area contributed by atoms with Crippen molar-refractivity contribution in [3.63, 3.8) is 0 Å². The predicted octanol–water partition coefficient (Wildman–Crippen LogP) is 3.03. The molecule has 0 aromatic heterocycles. The Labute approximate surface area is 147 Å². The van der Waals surface area contributed by atoms with Gasteiger partial charge in [-0.3, -0.25) is 9.59 Å². The van der Waals surface area contributed by atoms with Crippen LogP contribution in [-0.4, -0.2) is 43.0 Å². The third-order valence-corrected chi connectivity index (χ3v) is 4.46. The first-order chi connectivity index (χ1) is 12.0. The number of benzene rings is 2. The van der Waals surface area contributed by atoms with Crippen LogP contribution in [-0.2, 0) is 4.74 Å². The van der Waals surface area contributed by atoms with Gasteiger partial charge in [0, 0.05) is 29.9 Å². The molecule has 0 unspecified atom stereocenters. The molecule has 0 aliphatic carbocycles. The largest absolute Gasteiger partial charge is 0.378 e. The third-order valence-electron chi connectivity index (χ3n) is 4.46. The Morgan fingerprint density at radius 3 is 2.20 bits per heavy atom. The number of ether oxygens (including phenoxy) is 1. The van der Waals surface area contributed by atoms with Crippen molar-refractivity contribution in [1.82, 2.24) is 4.90 Å². The van der Waals surface area contributed by atoms with E-state index in [1.54, 1.807) is 29.2 Å². The van der Waals surface area contributed by atoms with Crippen molar-refractivity contribution in [2.24, 2.45) is 0 Å². The molecule has 1 aliphatic rings. The lowest BCUT2D eigenvalue weighted by Gasteiger charge is -2.26. The van der Waals surface area contributed by atoms with E-state index in [0.717, 1.165) is 11.3 Å². The molecule has 1 saturated heterocycles. The number of carbonyl (C=O) groups excluding carboxylic acids is 2. The molecule has 130 valence electrons. The lowest BCUT2D eigenvalue weighted by molar-refractivity contribution is 0.0303. The number of nitrogens with zero attached hydrogens (tertiary/aromatic N) is 1. The zero-order chi connectivity index (χ0) is 17.8. The number of rotatable bonds is 3. The Hall–Kier alpha value is -2.66. The first-order valence-corrected chi connectivity index (χ1v) is 8.40. The van der Waals surface area contributed by atoms with Crippen molar-refractivity contribution in [2.45, 2.75) is 13.8 Å². The first kappa shape index (κ1) is 17.2. The van der Waals surface area contributed by atoms with Crippen molar-refractivity contribution in [2.75, 3.05) is 31.6 Å². The second-order valence-electron chi connectivity index (χ2n) is 6.24. The maximum absolute atomic E-state index is 12.4. The summed E-state index contributed by atoms with van der Waals surface area (Å²) in [6, 6.07) is 12.6. The van der Waals surface area contributed by atoms with Gasteiger partial charge in [-0.25, -0.2) is 0 Å². The van der Waals surface area contributed by atoms with Gasteiger partial charge in [0.2, 0.25) is 0 Å². The second kappa shape index (κ2) is 7.49. The van der Waals surface area contributed by atoms with Gasteiger partial charge in [-0.15, -0.1) is 0 Å². The summed E-state index contributed by atoms with van der Waals surface area (Å²) in [6.07, 6.45) is 0. The molecule has 1 aliphatic heterocycles.